The Morgan fingerprint density at radius 3 is 2.23 bits per heavy atom. The summed E-state index contributed by atoms with van der Waals surface area (Å²) in [6, 6.07) is 20.8. The van der Waals surface area contributed by atoms with Gasteiger partial charge in [0.2, 0.25) is 0 Å². The Labute approximate surface area is 180 Å². The number of fused-ring (bicyclic) bond motifs is 3. The zero-order chi connectivity index (χ0) is 22.0. The summed E-state index contributed by atoms with van der Waals surface area (Å²) in [7, 11) is 0. The van der Waals surface area contributed by atoms with E-state index in [1.807, 2.05) is 36.4 Å². The number of ether oxygens (including phenoxy) is 1. The number of hydrogen-bond donors (Lipinski definition) is 4. The fourth-order valence-corrected chi connectivity index (χ4v) is 3.98. The van der Waals surface area contributed by atoms with Crippen LogP contribution < -0.4 is 5.32 Å². The van der Waals surface area contributed by atoms with Gasteiger partial charge in [0.05, 0.1) is 0 Å². The topological polar surface area (TPSA) is 99.0 Å². The second-order valence-corrected chi connectivity index (χ2v) is 7.76. The molecular formula is C25H25NO5. The highest BCUT2D eigenvalue weighted by molar-refractivity contribution is 5.79. The van der Waals surface area contributed by atoms with Crippen molar-refractivity contribution >= 4 is 6.09 Å². The third-order valence-electron chi connectivity index (χ3n) is 5.74. The van der Waals surface area contributed by atoms with Crippen molar-refractivity contribution in [1.82, 2.24) is 5.32 Å². The molecule has 160 valence electrons. The molecule has 0 saturated heterocycles. The van der Waals surface area contributed by atoms with Crippen molar-refractivity contribution in [2.24, 2.45) is 0 Å². The Balaban J connectivity index is 1.34. The van der Waals surface area contributed by atoms with Crippen LogP contribution >= 0.6 is 0 Å². The predicted octanol–water partition coefficient (Wildman–Crippen LogP) is 3.63. The Bertz CT molecular complexity index is 1050. The van der Waals surface area contributed by atoms with Crippen LogP contribution in [0.5, 0.6) is 5.75 Å². The van der Waals surface area contributed by atoms with Gasteiger partial charge in [0.15, 0.2) is 0 Å². The van der Waals surface area contributed by atoms with Crippen molar-refractivity contribution in [2.75, 3.05) is 13.2 Å². The van der Waals surface area contributed by atoms with Crippen LogP contribution in [0.4, 0.5) is 4.79 Å². The number of phenolic OH excluding ortho intramolecular Hbond substituents is 1. The first-order valence-corrected chi connectivity index (χ1v) is 10.2. The molecule has 0 aliphatic heterocycles. The smallest absolute Gasteiger partial charge is 0.407 e. The number of phenols is 1. The number of benzene rings is 3. The minimum atomic E-state index is -1.25. The van der Waals surface area contributed by atoms with Crippen molar-refractivity contribution in [3.63, 3.8) is 0 Å². The molecule has 0 fully saturated rings. The number of aliphatic hydroxyl groups excluding tert-OH is 2. The van der Waals surface area contributed by atoms with E-state index >= 15 is 0 Å². The van der Waals surface area contributed by atoms with Gasteiger partial charge in [-0.1, -0.05) is 60.7 Å². The van der Waals surface area contributed by atoms with Gasteiger partial charge in [0, 0.05) is 12.5 Å². The SMILES string of the molecule is Cc1ccc(C(O)C(O)CNC(=O)OCC2c3ccccc3-c3ccccc32)cc1O. The van der Waals surface area contributed by atoms with E-state index in [1.165, 1.54) is 6.07 Å². The maximum atomic E-state index is 12.2. The second-order valence-electron chi connectivity index (χ2n) is 7.76. The largest absolute Gasteiger partial charge is 0.508 e. The fraction of sp³-hybridized carbons (Fsp3) is 0.240. The number of aromatic hydroxyl groups is 1. The van der Waals surface area contributed by atoms with Gasteiger partial charge in [0.1, 0.15) is 24.6 Å². The molecule has 0 spiro atoms. The first kappa shape index (κ1) is 20.9. The van der Waals surface area contributed by atoms with Crippen LogP contribution in [0.1, 0.15) is 34.3 Å². The molecule has 6 nitrogen and oxygen atoms in total. The number of aliphatic hydroxyl groups is 2. The molecule has 0 heterocycles. The van der Waals surface area contributed by atoms with Crippen molar-refractivity contribution in [2.45, 2.75) is 25.0 Å². The van der Waals surface area contributed by atoms with Gasteiger partial charge in [-0.05, 0) is 46.4 Å². The van der Waals surface area contributed by atoms with Gasteiger partial charge in [-0.3, -0.25) is 0 Å². The Morgan fingerprint density at radius 2 is 1.61 bits per heavy atom. The lowest BCUT2D eigenvalue weighted by Crippen LogP contribution is -2.36. The molecular weight excluding hydrogens is 394 g/mol. The monoisotopic (exact) mass is 419 g/mol. The fourth-order valence-electron chi connectivity index (χ4n) is 3.98. The molecule has 1 amide bonds. The summed E-state index contributed by atoms with van der Waals surface area (Å²) >= 11 is 0. The number of nitrogens with one attached hydrogen (secondary N) is 1. The molecule has 0 radical (unpaired) electrons. The summed E-state index contributed by atoms with van der Waals surface area (Å²) < 4.78 is 5.43. The number of alkyl carbamates (subject to hydrolysis) is 1. The molecule has 6 heteroatoms. The van der Waals surface area contributed by atoms with Crippen molar-refractivity contribution in [3.8, 4) is 16.9 Å². The molecule has 0 saturated carbocycles. The second kappa shape index (κ2) is 8.79. The van der Waals surface area contributed by atoms with Gasteiger partial charge < -0.3 is 25.4 Å². The van der Waals surface area contributed by atoms with Crippen LogP contribution in [-0.2, 0) is 4.74 Å². The van der Waals surface area contributed by atoms with E-state index < -0.39 is 18.3 Å². The Hall–Kier alpha value is -3.35. The molecule has 1 aliphatic rings. The Kier molecular flexibility index (Phi) is 5.93. The number of aryl methyl sites for hydroxylation is 1. The number of rotatable bonds is 6. The maximum Gasteiger partial charge on any atom is 0.407 e. The number of carbonyl (C=O) groups excluding carboxylic acids is 1. The molecule has 2 atom stereocenters. The van der Waals surface area contributed by atoms with Crippen molar-refractivity contribution in [3.05, 3.63) is 89.0 Å². The van der Waals surface area contributed by atoms with Crippen LogP contribution in [0.15, 0.2) is 66.7 Å². The van der Waals surface area contributed by atoms with Crippen molar-refractivity contribution in [1.29, 1.82) is 0 Å². The van der Waals surface area contributed by atoms with Crippen LogP contribution in [-0.4, -0.2) is 40.7 Å². The van der Waals surface area contributed by atoms with E-state index in [-0.39, 0.29) is 24.8 Å². The van der Waals surface area contributed by atoms with Gasteiger partial charge >= 0.3 is 6.09 Å². The summed E-state index contributed by atoms with van der Waals surface area (Å²) in [6.45, 7) is 1.72. The van der Waals surface area contributed by atoms with E-state index in [0.717, 1.165) is 22.3 Å². The first-order valence-electron chi connectivity index (χ1n) is 10.2. The van der Waals surface area contributed by atoms with E-state index in [4.69, 9.17) is 4.74 Å². The van der Waals surface area contributed by atoms with Crippen LogP contribution in [0, 0.1) is 6.92 Å². The molecule has 2 unspecified atom stereocenters. The average Bonchev–Trinajstić information content (AvgIpc) is 3.11. The quantitative estimate of drug-likeness (QED) is 0.489. The Morgan fingerprint density at radius 1 is 1.00 bits per heavy atom. The summed E-state index contributed by atoms with van der Waals surface area (Å²) in [5.74, 6) is -0.0163. The molecule has 1 aliphatic carbocycles. The zero-order valence-corrected chi connectivity index (χ0v) is 17.2. The highest BCUT2D eigenvalue weighted by Crippen LogP contribution is 2.44. The predicted molar refractivity (Wildman–Crippen MR) is 117 cm³/mol. The summed E-state index contributed by atoms with van der Waals surface area (Å²) in [6.07, 6.45) is -3.16. The average molecular weight is 419 g/mol. The molecule has 3 aromatic carbocycles. The summed E-state index contributed by atoms with van der Waals surface area (Å²) in [4.78, 5) is 12.2. The lowest BCUT2D eigenvalue weighted by Gasteiger charge is -2.20. The van der Waals surface area contributed by atoms with Gasteiger partial charge in [-0.15, -0.1) is 0 Å². The third kappa shape index (κ3) is 4.26. The molecule has 0 aromatic heterocycles. The standard InChI is InChI=1S/C25H25NO5/c1-15-10-11-16(12-22(15)27)24(29)23(28)13-26-25(30)31-14-21-19-8-4-2-6-17(19)18-7-3-5-9-20(18)21/h2-12,21,23-24,27-29H,13-14H2,1H3,(H,26,30). The van der Waals surface area contributed by atoms with E-state index in [9.17, 15) is 20.1 Å². The van der Waals surface area contributed by atoms with Gasteiger partial charge in [-0.25, -0.2) is 4.79 Å². The molecule has 3 aromatic rings. The minimum Gasteiger partial charge on any atom is -0.508 e. The number of hydrogen-bond acceptors (Lipinski definition) is 5. The molecule has 4 N–H and O–H groups in total. The first-order chi connectivity index (χ1) is 15.0. The highest BCUT2D eigenvalue weighted by Gasteiger charge is 2.29. The van der Waals surface area contributed by atoms with E-state index in [1.54, 1.807) is 19.1 Å². The molecule has 4 rings (SSSR count). The van der Waals surface area contributed by atoms with Gasteiger partial charge in [0.25, 0.3) is 0 Å². The van der Waals surface area contributed by atoms with Crippen LogP contribution in [0.3, 0.4) is 0 Å². The molecule has 0 bridgehead atoms. The lowest BCUT2D eigenvalue weighted by atomic mass is 9.98. The number of amides is 1. The van der Waals surface area contributed by atoms with Gasteiger partial charge in [-0.2, -0.15) is 0 Å². The zero-order valence-electron chi connectivity index (χ0n) is 17.2. The van der Waals surface area contributed by atoms with Crippen LogP contribution in [0.2, 0.25) is 0 Å². The third-order valence-corrected chi connectivity index (χ3v) is 5.74. The summed E-state index contributed by atoms with van der Waals surface area (Å²) in [5, 5.41) is 32.8. The molecule has 31 heavy (non-hydrogen) atoms. The summed E-state index contributed by atoms with van der Waals surface area (Å²) in [5.41, 5.74) is 5.56. The van der Waals surface area contributed by atoms with Crippen molar-refractivity contribution < 1.29 is 24.9 Å². The normalized spacial score (nSPS) is 14.4. The lowest BCUT2D eigenvalue weighted by molar-refractivity contribution is 0.0184. The highest BCUT2D eigenvalue weighted by atomic mass is 16.5. The van der Waals surface area contributed by atoms with Crippen LogP contribution in [0.25, 0.3) is 11.1 Å². The van der Waals surface area contributed by atoms with E-state index in [0.29, 0.717) is 11.1 Å². The maximum absolute atomic E-state index is 12.2. The van der Waals surface area contributed by atoms with E-state index in [2.05, 4.69) is 17.4 Å². The number of carbonyl (C=O) groups is 1. The minimum absolute atomic E-state index is 0.0354.